The third-order valence-corrected chi connectivity index (χ3v) is 5.48. The number of rotatable bonds is 3. The van der Waals surface area contributed by atoms with Crippen molar-refractivity contribution in [2.45, 2.75) is 51.9 Å². The number of nitrogens with zero attached hydrogens (tertiary/aromatic N) is 1. The first-order valence-corrected chi connectivity index (χ1v) is 9.88. The highest BCUT2D eigenvalue weighted by molar-refractivity contribution is 6.04. The lowest BCUT2D eigenvalue weighted by molar-refractivity contribution is 0.416. The molecule has 0 aliphatic heterocycles. The van der Waals surface area contributed by atoms with Crippen LogP contribution in [0.4, 0.5) is 5.69 Å². The summed E-state index contributed by atoms with van der Waals surface area (Å²) in [6, 6.07) is 9.63. The van der Waals surface area contributed by atoms with Crippen molar-refractivity contribution in [3.63, 3.8) is 0 Å². The van der Waals surface area contributed by atoms with Crippen LogP contribution in [-0.2, 0) is 18.3 Å². The van der Waals surface area contributed by atoms with E-state index in [-0.39, 0.29) is 11.2 Å². The summed E-state index contributed by atoms with van der Waals surface area (Å²) in [7, 11) is 1.64. The molecule has 4 rings (SSSR count). The molecule has 0 atom stereocenters. The van der Waals surface area contributed by atoms with Crippen LogP contribution in [0.15, 0.2) is 39.7 Å². The van der Waals surface area contributed by atoms with Crippen molar-refractivity contribution < 1.29 is 14.3 Å². The average molecular weight is 377 g/mol. The molecule has 0 spiro atoms. The Labute approximate surface area is 165 Å². The van der Waals surface area contributed by atoms with E-state index in [1.165, 1.54) is 5.56 Å². The Morgan fingerprint density at radius 2 is 1.89 bits per heavy atom. The predicted molar refractivity (Wildman–Crippen MR) is 113 cm³/mol. The first-order chi connectivity index (χ1) is 13.4. The van der Waals surface area contributed by atoms with Gasteiger partial charge in [-0.1, -0.05) is 32.9 Å². The number of hydrogen-bond donors (Lipinski definition) is 1. The topological polar surface area (TPSA) is 55.0 Å². The zero-order valence-electron chi connectivity index (χ0n) is 17.0. The largest absolute Gasteiger partial charge is 0.507 e. The predicted octanol–water partition coefficient (Wildman–Crippen LogP) is 6.07. The number of aryl methyl sites for hydroxylation is 2. The molecule has 0 saturated carbocycles. The zero-order chi connectivity index (χ0) is 19.9. The van der Waals surface area contributed by atoms with E-state index in [1.54, 1.807) is 13.3 Å². The van der Waals surface area contributed by atoms with Crippen molar-refractivity contribution in [3.8, 4) is 11.5 Å². The van der Waals surface area contributed by atoms with Gasteiger partial charge in [-0.2, -0.15) is 0 Å². The molecule has 1 aliphatic rings. The Hall–Kier alpha value is -2.75. The lowest BCUT2D eigenvalue weighted by Crippen LogP contribution is -2.12. The van der Waals surface area contributed by atoms with Gasteiger partial charge in [0, 0.05) is 34.7 Å². The molecule has 28 heavy (non-hydrogen) atoms. The van der Waals surface area contributed by atoms with Gasteiger partial charge in [0.2, 0.25) is 0 Å². The third kappa shape index (κ3) is 3.17. The quantitative estimate of drug-likeness (QED) is 0.563. The van der Waals surface area contributed by atoms with Crippen molar-refractivity contribution in [1.29, 1.82) is 0 Å². The minimum atomic E-state index is -0.210. The highest BCUT2D eigenvalue weighted by atomic mass is 16.5. The minimum Gasteiger partial charge on any atom is -0.507 e. The van der Waals surface area contributed by atoms with Crippen LogP contribution in [-0.4, -0.2) is 18.4 Å². The van der Waals surface area contributed by atoms with Gasteiger partial charge < -0.3 is 14.3 Å². The number of phenols is 1. The molecule has 4 heteroatoms. The fourth-order valence-electron chi connectivity index (χ4n) is 4.01. The SMILES string of the molecule is COc1ccccc1N=Cc1c(O)c(C(C)(C)C)cc2oc3c(c12)CCCC3. The maximum absolute atomic E-state index is 11.2. The van der Waals surface area contributed by atoms with E-state index in [2.05, 4.69) is 25.8 Å². The monoisotopic (exact) mass is 377 g/mol. The summed E-state index contributed by atoms with van der Waals surface area (Å²) < 4.78 is 11.6. The average Bonchev–Trinajstić information content (AvgIpc) is 3.05. The fourth-order valence-corrected chi connectivity index (χ4v) is 4.01. The Balaban J connectivity index is 1.95. The number of aliphatic imine (C=N–C) groups is 1. The van der Waals surface area contributed by atoms with Gasteiger partial charge in [0.05, 0.1) is 7.11 Å². The molecule has 0 fully saturated rings. The van der Waals surface area contributed by atoms with Crippen molar-refractivity contribution in [2.24, 2.45) is 4.99 Å². The molecule has 2 aromatic carbocycles. The summed E-state index contributed by atoms with van der Waals surface area (Å²) >= 11 is 0. The molecule has 0 saturated heterocycles. The molecule has 0 bridgehead atoms. The Morgan fingerprint density at radius 3 is 2.64 bits per heavy atom. The normalized spacial score (nSPS) is 14.6. The summed E-state index contributed by atoms with van der Waals surface area (Å²) in [5, 5.41) is 12.2. The van der Waals surface area contributed by atoms with Gasteiger partial charge in [-0.25, -0.2) is 0 Å². The van der Waals surface area contributed by atoms with Crippen LogP contribution in [0.1, 0.15) is 56.1 Å². The molecule has 1 N–H and O–H groups in total. The van der Waals surface area contributed by atoms with Crippen LogP contribution >= 0.6 is 0 Å². The minimum absolute atomic E-state index is 0.210. The maximum atomic E-state index is 11.2. The molecule has 0 amide bonds. The Bertz CT molecular complexity index is 1050. The molecular formula is C24H27NO3. The first kappa shape index (κ1) is 18.6. The summed E-state index contributed by atoms with van der Waals surface area (Å²) in [6.45, 7) is 6.29. The summed E-state index contributed by atoms with van der Waals surface area (Å²) in [5.41, 5.74) is 4.19. The lowest BCUT2D eigenvalue weighted by Gasteiger charge is -2.22. The van der Waals surface area contributed by atoms with E-state index in [4.69, 9.17) is 9.15 Å². The highest BCUT2D eigenvalue weighted by Crippen LogP contribution is 2.42. The van der Waals surface area contributed by atoms with Crippen LogP contribution in [0.2, 0.25) is 0 Å². The summed E-state index contributed by atoms with van der Waals surface area (Å²) in [6.07, 6.45) is 5.99. The molecule has 1 aliphatic carbocycles. The van der Waals surface area contributed by atoms with Gasteiger partial charge in [0.25, 0.3) is 0 Å². The van der Waals surface area contributed by atoms with Crippen molar-refractivity contribution >= 4 is 22.9 Å². The molecule has 3 aromatic rings. The van der Waals surface area contributed by atoms with Crippen LogP contribution in [0.3, 0.4) is 0 Å². The number of para-hydroxylation sites is 2. The van der Waals surface area contributed by atoms with Gasteiger partial charge in [-0.3, -0.25) is 4.99 Å². The zero-order valence-corrected chi connectivity index (χ0v) is 17.0. The van der Waals surface area contributed by atoms with Crippen LogP contribution in [0, 0.1) is 0 Å². The van der Waals surface area contributed by atoms with Gasteiger partial charge >= 0.3 is 0 Å². The highest BCUT2D eigenvalue weighted by Gasteiger charge is 2.27. The van der Waals surface area contributed by atoms with Crippen LogP contribution in [0.25, 0.3) is 11.0 Å². The molecule has 0 unspecified atom stereocenters. The van der Waals surface area contributed by atoms with Gasteiger partial charge in [0.1, 0.15) is 28.5 Å². The van der Waals surface area contributed by atoms with Gasteiger partial charge in [-0.05, 0) is 42.9 Å². The third-order valence-electron chi connectivity index (χ3n) is 5.48. The standard InChI is InChI=1S/C24H27NO3/c1-24(2,3)17-13-21-22(15-9-5-7-11-19(15)28-21)16(23(17)26)14-25-18-10-6-8-12-20(18)27-4/h6,8,10,12-14,26H,5,7,9,11H2,1-4H3. The van der Waals surface area contributed by atoms with E-state index < -0.39 is 0 Å². The molecule has 4 nitrogen and oxygen atoms in total. The number of benzene rings is 2. The van der Waals surface area contributed by atoms with Crippen molar-refractivity contribution in [3.05, 3.63) is 52.8 Å². The van der Waals surface area contributed by atoms with Crippen molar-refractivity contribution in [2.75, 3.05) is 7.11 Å². The lowest BCUT2D eigenvalue weighted by atomic mass is 9.83. The number of phenolic OH excluding ortho intramolecular Hbond substituents is 1. The number of fused-ring (bicyclic) bond motifs is 3. The number of hydrogen-bond acceptors (Lipinski definition) is 4. The van der Waals surface area contributed by atoms with E-state index in [0.717, 1.165) is 59.2 Å². The van der Waals surface area contributed by atoms with E-state index in [1.807, 2.05) is 30.3 Å². The van der Waals surface area contributed by atoms with Crippen LogP contribution < -0.4 is 4.74 Å². The second-order valence-corrected chi connectivity index (χ2v) is 8.45. The van der Waals surface area contributed by atoms with Crippen molar-refractivity contribution in [1.82, 2.24) is 0 Å². The van der Waals surface area contributed by atoms with Crippen LogP contribution in [0.5, 0.6) is 11.5 Å². The van der Waals surface area contributed by atoms with Gasteiger partial charge in [-0.15, -0.1) is 0 Å². The number of ether oxygens (including phenoxy) is 1. The van der Waals surface area contributed by atoms with Gasteiger partial charge in [0.15, 0.2) is 0 Å². The smallest absolute Gasteiger partial charge is 0.144 e. The Kier molecular flexibility index (Phi) is 4.66. The number of methoxy groups -OCH3 is 1. The molecule has 1 heterocycles. The fraction of sp³-hybridized carbons (Fsp3) is 0.375. The first-order valence-electron chi connectivity index (χ1n) is 9.88. The van der Waals surface area contributed by atoms with E-state index in [0.29, 0.717) is 5.75 Å². The Morgan fingerprint density at radius 1 is 1.14 bits per heavy atom. The maximum Gasteiger partial charge on any atom is 0.144 e. The van der Waals surface area contributed by atoms with E-state index >= 15 is 0 Å². The molecular weight excluding hydrogens is 350 g/mol. The second kappa shape index (κ2) is 7.01. The molecule has 0 radical (unpaired) electrons. The summed E-state index contributed by atoms with van der Waals surface area (Å²) in [4.78, 5) is 4.66. The number of aromatic hydroxyl groups is 1. The summed E-state index contributed by atoms with van der Waals surface area (Å²) in [5.74, 6) is 2.04. The van der Waals surface area contributed by atoms with E-state index in [9.17, 15) is 5.11 Å². The second-order valence-electron chi connectivity index (χ2n) is 8.45. The molecule has 146 valence electrons. The molecule has 1 aromatic heterocycles. The number of furan rings is 1.